The summed E-state index contributed by atoms with van der Waals surface area (Å²) in [5.74, 6) is -4.16. The Hall–Kier alpha value is -3.34. The van der Waals surface area contributed by atoms with Crippen LogP contribution in [-0.4, -0.2) is 164 Å². The molecule has 8 N–H and O–H groups in total. The highest BCUT2D eigenvalue weighted by atomic mass is 16.7. The van der Waals surface area contributed by atoms with E-state index in [1.165, 1.54) is 6.92 Å². The molecule has 7 rings (SSSR count). The second kappa shape index (κ2) is 20.3. The molecule has 19 nitrogen and oxygen atoms in total. The molecule has 0 aromatic carbocycles. The second-order valence-electron chi connectivity index (χ2n) is 23.6. The number of allylic oxidation sites excluding steroid dienone is 4. The van der Waals surface area contributed by atoms with Gasteiger partial charge in [0.25, 0.3) is 0 Å². The highest BCUT2D eigenvalue weighted by Gasteiger charge is 2.75. The van der Waals surface area contributed by atoms with Crippen LogP contribution in [0.1, 0.15) is 121 Å². The summed E-state index contributed by atoms with van der Waals surface area (Å²) in [5, 5.41) is 87.2. The van der Waals surface area contributed by atoms with Crippen molar-refractivity contribution in [2.75, 3.05) is 19.8 Å². The van der Waals surface area contributed by atoms with E-state index in [2.05, 4.69) is 26.8 Å². The molecule has 19 heteroatoms. The van der Waals surface area contributed by atoms with Crippen LogP contribution in [0.3, 0.4) is 0 Å². The van der Waals surface area contributed by atoms with Crippen molar-refractivity contribution in [3.8, 4) is 0 Å². The van der Waals surface area contributed by atoms with Crippen LogP contribution in [0.15, 0.2) is 34.9 Å². The van der Waals surface area contributed by atoms with E-state index in [-0.39, 0.29) is 24.9 Å². The SMILES string of the molecule is CC=C(C)C(=O)O[C@H]1[C@H](OC(=O)/C(C)=C/C)[C@]2(CO)[C@H](OC(C)=O)C[C@]3(C)C(=CC[C@@H]4[C@@]5(C)CC[C@H](O[C@@H]6O[C@H](C(=O)O)[C@@H](O)[C@H](O[C@@H]7OC[C@H](O)[C@H](O)[C@H]7O)[C@H]6O)[C@@](C)(CO)[C@@H]5CC[C@]43C)[C@@H]2CC1(C)C. The number of carbonyl (C=O) groups is 4. The number of carboxylic acids is 1. The van der Waals surface area contributed by atoms with Gasteiger partial charge in [0.05, 0.1) is 31.3 Å². The summed E-state index contributed by atoms with van der Waals surface area (Å²) in [5.41, 5.74) is -3.15. The minimum atomic E-state index is -1.98. The van der Waals surface area contributed by atoms with Crippen LogP contribution in [0.5, 0.6) is 0 Å². The Labute approximate surface area is 421 Å². The third-order valence-corrected chi connectivity index (χ3v) is 19.5. The van der Waals surface area contributed by atoms with Gasteiger partial charge in [-0.1, -0.05) is 65.3 Å². The zero-order chi connectivity index (χ0) is 53.4. The van der Waals surface area contributed by atoms with Gasteiger partial charge in [0.1, 0.15) is 48.8 Å². The maximum atomic E-state index is 13.9. The van der Waals surface area contributed by atoms with E-state index >= 15 is 0 Å². The summed E-state index contributed by atoms with van der Waals surface area (Å²) >= 11 is 0. The second-order valence-corrected chi connectivity index (χ2v) is 23.6. The summed E-state index contributed by atoms with van der Waals surface area (Å²) in [6.07, 6.45) is -11.0. The Balaban J connectivity index is 1.24. The van der Waals surface area contributed by atoms with Gasteiger partial charge in [-0.25, -0.2) is 14.4 Å². The molecule has 0 unspecified atom stereocenters. The lowest BCUT2D eigenvalue weighted by atomic mass is 9.33. The molecule has 0 aromatic heterocycles. The third-order valence-electron chi connectivity index (χ3n) is 19.5. The molecule has 7 aliphatic rings. The van der Waals surface area contributed by atoms with Crippen molar-refractivity contribution in [2.45, 2.75) is 201 Å². The van der Waals surface area contributed by atoms with Gasteiger partial charge in [-0.3, -0.25) is 4.79 Å². The lowest BCUT2D eigenvalue weighted by molar-refractivity contribution is -0.358. The van der Waals surface area contributed by atoms with Crippen molar-refractivity contribution in [2.24, 2.45) is 50.2 Å². The normalized spacial score (nSPS) is 47.1. The highest BCUT2D eigenvalue weighted by molar-refractivity contribution is 5.89. The molecular weight excluding hydrogens is 941 g/mol. The number of aliphatic carboxylic acids is 1. The molecule has 5 aliphatic carbocycles. The molecule has 2 saturated heterocycles. The molecule has 72 heavy (non-hydrogen) atoms. The van der Waals surface area contributed by atoms with Gasteiger partial charge >= 0.3 is 23.9 Å². The van der Waals surface area contributed by atoms with E-state index in [0.29, 0.717) is 49.7 Å². The first-order chi connectivity index (χ1) is 33.6. The van der Waals surface area contributed by atoms with Crippen LogP contribution < -0.4 is 0 Å². The first kappa shape index (κ1) is 56.4. The topological polar surface area (TPSA) is 295 Å². The average Bonchev–Trinajstić information content (AvgIpc) is 3.32. The minimum Gasteiger partial charge on any atom is -0.479 e. The zero-order valence-electron chi connectivity index (χ0n) is 43.6. The number of esters is 3. The number of aliphatic hydroxyl groups excluding tert-OH is 7. The molecule has 0 spiro atoms. The van der Waals surface area contributed by atoms with Gasteiger partial charge < -0.3 is 74.0 Å². The van der Waals surface area contributed by atoms with E-state index in [1.807, 2.05) is 20.8 Å². The van der Waals surface area contributed by atoms with Crippen LogP contribution >= 0.6 is 0 Å². The minimum absolute atomic E-state index is 0.0272. The van der Waals surface area contributed by atoms with Gasteiger partial charge in [-0.05, 0) is 107 Å². The molecule has 6 fully saturated rings. The number of hydrogen-bond donors (Lipinski definition) is 8. The van der Waals surface area contributed by atoms with Crippen molar-refractivity contribution in [3.05, 3.63) is 34.9 Å². The number of hydrogen-bond acceptors (Lipinski definition) is 18. The van der Waals surface area contributed by atoms with E-state index < -0.39 is 155 Å². The van der Waals surface area contributed by atoms with Gasteiger partial charge in [-0.15, -0.1) is 0 Å². The van der Waals surface area contributed by atoms with Crippen molar-refractivity contribution < 1.29 is 93.2 Å². The van der Waals surface area contributed by atoms with E-state index in [0.717, 1.165) is 5.57 Å². The lowest BCUT2D eigenvalue weighted by Gasteiger charge is -2.72. The predicted molar refractivity (Wildman–Crippen MR) is 254 cm³/mol. The van der Waals surface area contributed by atoms with E-state index in [9.17, 15) is 60.0 Å². The molecule has 406 valence electrons. The van der Waals surface area contributed by atoms with Crippen LogP contribution in [0.2, 0.25) is 0 Å². The summed E-state index contributed by atoms with van der Waals surface area (Å²) < 4.78 is 42.5. The summed E-state index contributed by atoms with van der Waals surface area (Å²) in [6, 6.07) is 0. The van der Waals surface area contributed by atoms with Gasteiger partial charge in [0.2, 0.25) is 0 Å². The van der Waals surface area contributed by atoms with E-state index in [1.54, 1.807) is 39.8 Å². The Morgan fingerprint density at radius 1 is 0.722 bits per heavy atom. The number of rotatable bonds is 12. The lowest BCUT2D eigenvalue weighted by Crippen LogP contribution is -2.73. The fraction of sp³-hybridized carbons (Fsp3) is 0.811. The van der Waals surface area contributed by atoms with Gasteiger partial charge in [0, 0.05) is 28.9 Å². The van der Waals surface area contributed by atoms with Gasteiger partial charge in [0.15, 0.2) is 24.8 Å². The molecule has 2 aliphatic heterocycles. The molecule has 0 bridgehead atoms. The number of ether oxygens (including phenoxy) is 7. The van der Waals surface area contributed by atoms with Crippen LogP contribution in [-0.2, 0) is 52.3 Å². The smallest absolute Gasteiger partial charge is 0.335 e. The van der Waals surface area contributed by atoms with Crippen LogP contribution in [0.25, 0.3) is 0 Å². The first-order valence-electron chi connectivity index (χ1n) is 25.6. The molecule has 21 atom stereocenters. The molecule has 2 heterocycles. The summed E-state index contributed by atoms with van der Waals surface area (Å²) in [7, 11) is 0. The Bertz CT molecular complexity index is 2170. The van der Waals surface area contributed by atoms with Crippen molar-refractivity contribution in [3.63, 3.8) is 0 Å². The monoisotopic (exact) mass is 1020 g/mol. The predicted octanol–water partition coefficient (Wildman–Crippen LogP) is 3.01. The van der Waals surface area contributed by atoms with Crippen molar-refractivity contribution in [1.82, 2.24) is 0 Å². The first-order valence-corrected chi connectivity index (χ1v) is 25.6. The maximum absolute atomic E-state index is 13.9. The molecular formula is C53H80O19. The zero-order valence-corrected chi connectivity index (χ0v) is 43.6. The molecule has 0 amide bonds. The fourth-order valence-corrected chi connectivity index (χ4v) is 15.0. The molecule has 0 aromatic rings. The van der Waals surface area contributed by atoms with Crippen LogP contribution in [0.4, 0.5) is 0 Å². The number of fused-ring (bicyclic) bond motifs is 7. The highest BCUT2D eigenvalue weighted by Crippen LogP contribution is 2.76. The van der Waals surface area contributed by atoms with E-state index in [4.69, 9.17) is 33.2 Å². The Morgan fingerprint density at radius 3 is 1.92 bits per heavy atom. The average molecular weight is 1020 g/mol. The third kappa shape index (κ3) is 8.90. The Morgan fingerprint density at radius 2 is 1.35 bits per heavy atom. The summed E-state index contributed by atoms with van der Waals surface area (Å²) in [4.78, 5) is 53.4. The number of carboxylic acid groups (broad SMARTS) is 1. The molecule has 4 saturated carbocycles. The van der Waals surface area contributed by atoms with Crippen molar-refractivity contribution >= 4 is 23.9 Å². The number of aliphatic hydroxyl groups is 7. The quantitative estimate of drug-likeness (QED) is 0.0458. The Kier molecular flexibility index (Phi) is 15.9. The fourth-order valence-electron chi connectivity index (χ4n) is 15.0. The van der Waals surface area contributed by atoms with Crippen LogP contribution in [0, 0.1) is 50.2 Å². The summed E-state index contributed by atoms with van der Waals surface area (Å²) in [6.45, 7) is 19.2. The standard InChI is InChI=1S/C53H80O19/c1-12-25(3)44(64)71-41-42(72-45(65)26(4)13-2)53(24-55)29(20-48(41,6)7)28-14-15-32-49(8)18-17-33(50(9,23-54)31(49)16-19-51(32,10)52(28,11)21-34(53)67-27(5)56)68-47-38(61)39(37(60)40(70-47)43(62)63)69-46-36(59)35(58)30(57)22-66-46/h12-14,29-42,46-47,54-55,57-61H,15-24H2,1-11H3,(H,62,63)/b25-12?,26-13+/t29-,30-,31+,32+,33-,34+,35-,36+,37-,38+,39-,40-,41-,42-,46-,47+,49-,50-,51+,52+,53-/m0/s1. The largest absolute Gasteiger partial charge is 0.479 e. The molecule has 0 radical (unpaired) electrons. The number of carbonyl (C=O) groups excluding carboxylic acids is 3. The van der Waals surface area contributed by atoms with Crippen molar-refractivity contribution in [1.29, 1.82) is 0 Å². The maximum Gasteiger partial charge on any atom is 0.335 e. The van der Waals surface area contributed by atoms with Gasteiger partial charge in [-0.2, -0.15) is 0 Å².